The van der Waals surface area contributed by atoms with Gasteiger partial charge in [0.05, 0.1) is 5.69 Å². The highest BCUT2D eigenvalue weighted by atomic mass is 19.3. The second-order valence-electron chi connectivity index (χ2n) is 10.7. The molecule has 1 aliphatic heterocycles. The Morgan fingerprint density at radius 1 is 1.07 bits per heavy atom. The van der Waals surface area contributed by atoms with E-state index in [0.29, 0.717) is 5.39 Å². The molecule has 236 valence electrons. The van der Waals surface area contributed by atoms with Gasteiger partial charge in [0.25, 0.3) is 0 Å². The van der Waals surface area contributed by atoms with Crippen LogP contribution < -0.4 is 20.3 Å². The summed E-state index contributed by atoms with van der Waals surface area (Å²) in [5.41, 5.74) is 0.404. The minimum absolute atomic E-state index is 0.0188. The van der Waals surface area contributed by atoms with E-state index in [1.165, 1.54) is 41.4 Å². The third-order valence-corrected chi connectivity index (χ3v) is 7.12. The molecule has 45 heavy (non-hydrogen) atoms. The molecule has 5 rings (SSSR count). The zero-order valence-electron chi connectivity index (χ0n) is 24.4. The van der Waals surface area contributed by atoms with Gasteiger partial charge in [0.15, 0.2) is 23.0 Å². The summed E-state index contributed by atoms with van der Waals surface area (Å²) in [5, 5.41) is 12.5. The molecular formula is C30H29F4N7O4. The van der Waals surface area contributed by atoms with Crippen molar-refractivity contribution >= 4 is 46.1 Å². The smallest absolute Gasteiger partial charge is 0.331 e. The Morgan fingerprint density at radius 2 is 1.80 bits per heavy atom. The Morgan fingerprint density at radius 3 is 2.47 bits per heavy atom. The molecule has 4 amide bonds. The zero-order chi connectivity index (χ0) is 32.4. The normalized spacial score (nSPS) is 16.1. The number of nitrogens with zero attached hydrogens (tertiary/aromatic N) is 4. The van der Waals surface area contributed by atoms with Crippen molar-refractivity contribution in [3.05, 3.63) is 66.4 Å². The van der Waals surface area contributed by atoms with Crippen LogP contribution in [0.4, 0.5) is 39.5 Å². The number of fused-ring (bicyclic) bond motifs is 1. The Kier molecular flexibility index (Phi) is 8.88. The van der Waals surface area contributed by atoms with Crippen molar-refractivity contribution in [2.75, 3.05) is 22.1 Å². The first-order valence-electron chi connectivity index (χ1n) is 14.0. The summed E-state index contributed by atoms with van der Waals surface area (Å²) < 4.78 is 60.2. The van der Waals surface area contributed by atoms with Gasteiger partial charge in [0, 0.05) is 49.1 Å². The van der Waals surface area contributed by atoms with Crippen LogP contribution in [-0.2, 0) is 9.59 Å². The van der Waals surface area contributed by atoms with E-state index in [1.807, 2.05) is 0 Å². The largest absolute Gasteiger partial charge is 0.453 e. The first kappa shape index (κ1) is 31.2. The molecule has 1 aliphatic rings. The molecule has 0 spiro atoms. The maximum atomic E-state index is 15.2. The average Bonchev–Trinajstić information content (AvgIpc) is 3.38. The van der Waals surface area contributed by atoms with E-state index in [-0.39, 0.29) is 46.9 Å². The lowest BCUT2D eigenvalue weighted by Crippen LogP contribution is -2.61. The van der Waals surface area contributed by atoms with Crippen molar-refractivity contribution in [2.45, 2.75) is 45.7 Å². The monoisotopic (exact) mass is 627 g/mol. The van der Waals surface area contributed by atoms with E-state index < -0.39 is 54.3 Å². The van der Waals surface area contributed by atoms with Gasteiger partial charge in [0.1, 0.15) is 22.9 Å². The first-order valence-corrected chi connectivity index (χ1v) is 14.0. The average molecular weight is 628 g/mol. The molecule has 15 heteroatoms. The number of rotatable bonds is 10. The van der Waals surface area contributed by atoms with Crippen LogP contribution in [0.2, 0.25) is 0 Å². The number of benzene rings is 2. The number of anilines is 3. The molecular weight excluding hydrogens is 598 g/mol. The fraction of sp³-hybridized carbons (Fsp3) is 0.300. The lowest BCUT2D eigenvalue weighted by atomic mass is 10.0. The van der Waals surface area contributed by atoms with Crippen molar-refractivity contribution in [2.24, 2.45) is 5.92 Å². The Labute approximate surface area is 254 Å². The van der Waals surface area contributed by atoms with Gasteiger partial charge in [-0.1, -0.05) is 0 Å². The third kappa shape index (κ3) is 6.66. The molecule has 2 aromatic carbocycles. The Balaban J connectivity index is 1.34. The van der Waals surface area contributed by atoms with E-state index in [0.717, 1.165) is 23.1 Å². The number of H-pyrrole nitrogens is 1. The number of halogens is 4. The van der Waals surface area contributed by atoms with Crippen molar-refractivity contribution in [3.8, 4) is 11.5 Å². The van der Waals surface area contributed by atoms with Gasteiger partial charge in [-0.2, -0.15) is 5.10 Å². The number of amides is 4. The van der Waals surface area contributed by atoms with Gasteiger partial charge >= 0.3 is 6.03 Å². The number of hydrogen-bond acceptors (Lipinski definition) is 7. The molecule has 0 aliphatic carbocycles. The molecule has 11 nitrogen and oxygen atoms in total. The van der Waals surface area contributed by atoms with E-state index in [2.05, 4.69) is 25.8 Å². The summed E-state index contributed by atoms with van der Waals surface area (Å²) in [7, 11) is 0. The molecule has 3 heterocycles. The van der Waals surface area contributed by atoms with E-state index in [9.17, 15) is 27.6 Å². The van der Waals surface area contributed by atoms with E-state index in [4.69, 9.17) is 4.74 Å². The predicted octanol–water partition coefficient (Wildman–Crippen LogP) is 5.92. The van der Waals surface area contributed by atoms with Crippen LogP contribution in [0.15, 0.2) is 54.7 Å². The molecule has 1 fully saturated rings. The van der Waals surface area contributed by atoms with Crippen LogP contribution in [0.1, 0.15) is 27.2 Å². The van der Waals surface area contributed by atoms with E-state index >= 15 is 4.39 Å². The van der Waals surface area contributed by atoms with Gasteiger partial charge in [0.2, 0.25) is 18.2 Å². The number of pyridine rings is 1. The number of carbonyl (C=O) groups is 3. The molecule has 0 saturated carbocycles. The molecule has 2 unspecified atom stereocenters. The SMILES string of the molecule is CC(CC(F)F)Nc1n[nH]c2nccc(Oc3ccc(NC(=O)C4CN(C(C)C)C(=O)N(c5ccc(F)cc5)C4=O)cc3F)c12. The number of ether oxygens (including phenoxy) is 1. The molecule has 4 aromatic rings. The van der Waals surface area contributed by atoms with Crippen LogP contribution in [0.3, 0.4) is 0 Å². The topological polar surface area (TPSA) is 133 Å². The second-order valence-corrected chi connectivity index (χ2v) is 10.7. The van der Waals surface area contributed by atoms with E-state index in [1.54, 1.807) is 20.8 Å². The molecule has 2 atom stereocenters. The standard InChI is InChI=1S/C30H29F4N7O4/c1-15(2)40-14-20(29(43)41(30(40)44)19-7-4-17(31)5-8-19)28(42)37-18-6-9-22(21(32)13-18)45-23-10-11-35-26-25(23)27(39-38-26)36-16(3)12-24(33)34/h4-11,13,15-16,20,24H,12,14H2,1-3H3,(H,37,42)(H2,35,36,38,39). The van der Waals surface area contributed by atoms with Crippen molar-refractivity contribution < 1.29 is 36.7 Å². The van der Waals surface area contributed by atoms with Gasteiger partial charge in [-0.3, -0.25) is 14.7 Å². The summed E-state index contributed by atoms with van der Waals surface area (Å²) in [5.74, 6) is -4.22. The number of hydrogen-bond donors (Lipinski definition) is 3. The number of urea groups is 1. The molecule has 0 radical (unpaired) electrons. The first-order chi connectivity index (χ1) is 21.4. The lowest BCUT2D eigenvalue weighted by Gasteiger charge is -2.39. The van der Waals surface area contributed by atoms with Gasteiger partial charge in [-0.25, -0.2) is 32.2 Å². The van der Waals surface area contributed by atoms with Crippen molar-refractivity contribution in [1.29, 1.82) is 0 Å². The molecule has 2 aromatic heterocycles. The molecule has 0 bridgehead atoms. The highest BCUT2D eigenvalue weighted by molar-refractivity contribution is 6.23. The fourth-order valence-corrected chi connectivity index (χ4v) is 4.87. The quantitative estimate of drug-likeness (QED) is 0.147. The Bertz CT molecular complexity index is 1730. The zero-order valence-corrected chi connectivity index (χ0v) is 24.4. The van der Waals surface area contributed by atoms with Gasteiger partial charge in [-0.15, -0.1) is 0 Å². The van der Waals surface area contributed by atoms with Crippen LogP contribution in [0.25, 0.3) is 11.0 Å². The number of carbonyl (C=O) groups excluding carboxylic acids is 3. The van der Waals surface area contributed by atoms with Gasteiger partial charge in [-0.05, 0) is 57.2 Å². The summed E-state index contributed by atoms with van der Waals surface area (Å²) in [6.07, 6.45) is -1.55. The Hall–Kier alpha value is -5.21. The maximum Gasteiger partial charge on any atom is 0.331 e. The van der Waals surface area contributed by atoms with Crippen LogP contribution in [-0.4, -0.2) is 63.0 Å². The molecule has 1 saturated heterocycles. The summed E-state index contributed by atoms with van der Waals surface area (Å²) >= 11 is 0. The number of aromatic amines is 1. The number of aromatic nitrogens is 3. The number of imide groups is 1. The minimum atomic E-state index is -2.53. The number of nitrogens with one attached hydrogen (secondary N) is 3. The van der Waals surface area contributed by atoms with Crippen LogP contribution in [0, 0.1) is 17.6 Å². The van der Waals surface area contributed by atoms with Crippen LogP contribution in [0.5, 0.6) is 11.5 Å². The minimum Gasteiger partial charge on any atom is -0.453 e. The highest BCUT2D eigenvalue weighted by Crippen LogP contribution is 2.35. The van der Waals surface area contributed by atoms with Crippen molar-refractivity contribution in [1.82, 2.24) is 20.1 Å². The number of alkyl halides is 2. The third-order valence-electron chi connectivity index (χ3n) is 7.12. The highest BCUT2D eigenvalue weighted by Gasteiger charge is 2.44. The summed E-state index contributed by atoms with van der Waals surface area (Å²) in [6, 6.07) is 8.17. The molecule has 3 N–H and O–H groups in total. The summed E-state index contributed by atoms with van der Waals surface area (Å²) in [4.78, 5) is 46.1. The van der Waals surface area contributed by atoms with Crippen LogP contribution >= 0.6 is 0 Å². The van der Waals surface area contributed by atoms with Crippen molar-refractivity contribution in [3.63, 3.8) is 0 Å². The maximum absolute atomic E-state index is 15.2. The fourth-order valence-electron chi connectivity index (χ4n) is 4.87. The summed E-state index contributed by atoms with van der Waals surface area (Å²) in [6.45, 7) is 4.80. The second kappa shape index (κ2) is 12.8. The lowest BCUT2D eigenvalue weighted by molar-refractivity contribution is -0.132. The predicted molar refractivity (Wildman–Crippen MR) is 157 cm³/mol. The van der Waals surface area contributed by atoms with Gasteiger partial charge < -0.3 is 20.3 Å².